The summed E-state index contributed by atoms with van der Waals surface area (Å²) in [5, 5.41) is 0. The van der Waals surface area contributed by atoms with E-state index < -0.39 is 0 Å². The lowest BCUT2D eigenvalue weighted by Crippen LogP contribution is -2.37. The Hall–Kier alpha value is -0.330. The molecule has 0 bridgehead atoms. The molecule has 76 valence electrons. The van der Waals surface area contributed by atoms with E-state index in [4.69, 9.17) is 0 Å². The van der Waals surface area contributed by atoms with E-state index in [-0.39, 0.29) is 10.8 Å². The summed E-state index contributed by atoms with van der Waals surface area (Å²) in [6.07, 6.45) is 2.91. The molecule has 0 saturated heterocycles. The Balaban J connectivity index is 3.04. The first-order chi connectivity index (χ1) is 5.90. The molecule has 2 unspecified atom stereocenters. The first kappa shape index (κ1) is 10.7. The lowest BCUT2D eigenvalue weighted by molar-refractivity contribution is -0.128. The highest BCUT2D eigenvalue weighted by Crippen LogP contribution is 2.56. The van der Waals surface area contributed by atoms with E-state index in [1.54, 1.807) is 0 Å². The van der Waals surface area contributed by atoms with Crippen molar-refractivity contribution >= 4 is 5.78 Å². The van der Waals surface area contributed by atoms with Gasteiger partial charge in [0.05, 0.1) is 0 Å². The highest BCUT2D eigenvalue weighted by Gasteiger charge is 2.54. The minimum absolute atomic E-state index is 0.0757. The minimum atomic E-state index is -0.0757. The highest BCUT2D eigenvalue weighted by atomic mass is 16.1. The molecular formula is C12H22O. The largest absolute Gasteiger partial charge is 0.299 e. The summed E-state index contributed by atoms with van der Waals surface area (Å²) in [6.45, 7) is 11.0. The van der Waals surface area contributed by atoms with Crippen molar-refractivity contribution in [2.24, 2.45) is 16.7 Å². The van der Waals surface area contributed by atoms with E-state index in [1.807, 2.05) is 0 Å². The molecule has 0 aromatic rings. The molecule has 0 heterocycles. The van der Waals surface area contributed by atoms with Gasteiger partial charge in [-0.2, -0.15) is 0 Å². The zero-order chi connectivity index (χ0) is 10.3. The predicted molar refractivity (Wildman–Crippen MR) is 55.6 cm³/mol. The zero-order valence-corrected chi connectivity index (χ0v) is 9.61. The fourth-order valence-corrected chi connectivity index (χ4v) is 2.82. The molecule has 0 aliphatic heterocycles. The molecule has 1 nitrogen and oxygen atoms in total. The molecule has 0 amide bonds. The highest BCUT2D eigenvalue weighted by molar-refractivity contribution is 5.88. The summed E-state index contributed by atoms with van der Waals surface area (Å²) < 4.78 is 0. The molecule has 0 aromatic carbocycles. The van der Waals surface area contributed by atoms with Gasteiger partial charge >= 0.3 is 0 Å². The van der Waals surface area contributed by atoms with Gasteiger partial charge in [0.2, 0.25) is 0 Å². The standard InChI is InChI=1S/C12H22O/c1-6-9-8-10(13)12(5,7-2)11(9,3)4/h9H,6-8H2,1-5H3. The van der Waals surface area contributed by atoms with Crippen LogP contribution in [0, 0.1) is 16.7 Å². The van der Waals surface area contributed by atoms with Crippen LogP contribution in [-0.4, -0.2) is 5.78 Å². The molecule has 1 saturated carbocycles. The number of carbonyl (C=O) groups is 1. The van der Waals surface area contributed by atoms with Gasteiger partial charge in [-0.1, -0.05) is 41.0 Å². The summed E-state index contributed by atoms with van der Waals surface area (Å²) in [5.41, 5.74) is 0.112. The van der Waals surface area contributed by atoms with Gasteiger partial charge in [0, 0.05) is 11.8 Å². The summed E-state index contributed by atoms with van der Waals surface area (Å²) in [4.78, 5) is 11.9. The van der Waals surface area contributed by atoms with Crippen LogP contribution in [0.25, 0.3) is 0 Å². The van der Waals surface area contributed by atoms with Crippen LogP contribution in [-0.2, 0) is 4.79 Å². The molecule has 1 heteroatoms. The van der Waals surface area contributed by atoms with Crippen molar-refractivity contribution in [1.82, 2.24) is 0 Å². The van der Waals surface area contributed by atoms with Crippen LogP contribution >= 0.6 is 0 Å². The van der Waals surface area contributed by atoms with Gasteiger partial charge in [0.15, 0.2) is 0 Å². The average molecular weight is 182 g/mol. The van der Waals surface area contributed by atoms with Crippen molar-refractivity contribution in [2.75, 3.05) is 0 Å². The minimum Gasteiger partial charge on any atom is -0.299 e. The number of Topliss-reactive ketones (excluding diaryl/α,β-unsaturated/α-hetero) is 1. The van der Waals surface area contributed by atoms with Crippen LogP contribution in [0.2, 0.25) is 0 Å². The Morgan fingerprint density at radius 2 is 1.85 bits per heavy atom. The number of ketones is 1. The van der Waals surface area contributed by atoms with Crippen molar-refractivity contribution in [1.29, 1.82) is 0 Å². The van der Waals surface area contributed by atoms with Crippen LogP contribution in [0.3, 0.4) is 0 Å². The lowest BCUT2D eigenvalue weighted by Gasteiger charge is -2.39. The Bertz CT molecular complexity index is 217. The smallest absolute Gasteiger partial charge is 0.139 e. The van der Waals surface area contributed by atoms with Gasteiger partial charge < -0.3 is 0 Å². The molecule has 1 rings (SSSR count). The second kappa shape index (κ2) is 3.11. The summed E-state index contributed by atoms with van der Waals surface area (Å²) in [5.74, 6) is 1.07. The first-order valence-corrected chi connectivity index (χ1v) is 5.43. The fraction of sp³-hybridized carbons (Fsp3) is 0.917. The second-order valence-electron chi connectivity index (χ2n) is 5.14. The quantitative estimate of drug-likeness (QED) is 0.639. The van der Waals surface area contributed by atoms with Gasteiger partial charge in [-0.15, -0.1) is 0 Å². The number of hydrogen-bond acceptors (Lipinski definition) is 1. The van der Waals surface area contributed by atoms with Crippen LogP contribution in [0.4, 0.5) is 0 Å². The van der Waals surface area contributed by atoms with E-state index in [2.05, 4.69) is 34.6 Å². The molecule has 2 atom stereocenters. The average Bonchev–Trinajstić information content (AvgIpc) is 2.26. The first-order valence-electron chi connectivity index (χ1n) is 5.43. The number of hydrogen-bond donors (Lipinski definition) is 0. The van der Waals surface area contributed by atoms with E-state index in [0.717, 1.165) is 19.3 Å². The maximum atomic E-state index is 11.9. The Labute approximate surface area is 81.9 Å². The molecule has 1 aliphatic rings. The third kappa shape index (κ3) is 1.24. The number of carbonyl (C=O) groups excluding carboxylic acids is 1. The predicted octanol–water partition coefficient (Wildman–Crippen LogP) is 3.43. The van der Waals surface area contributed by atoms with E-state index in [1.165, 1.54) is 0 Å². The molecule has 0 spiro atoms. The lowest BCUT2D eigenvalue weighted by atomic mass is 9.64. The van der Waals surface area contributed by atoms with Gasteiger partial charge in [-0.25, -0.2) is 0 Å². The summed E-state index contributed by atoms with van der Waals surface area (Å²) in [7, 11) is 0. The van der Waals surface area contributed by atoms with Gasteiger partial charge in [-0.05, 0) is 17.8 Å². The summed E-state index contributed by atoms with van der Waals surface area (Å²) in [6, 6.07) is 0. The summed E-state index contributed by atoms with van der Waals surface area (Å²) >= 11 is 0. The maximum absolute atomic E-state index is 11.9. The Kier molecular flexibility index (Phi) is 2.57. The van der Waals surface area contributed by atoms with Crippen LogP contribution in [0.15, 0.2) is 0 Å². The van der Waals surface area contributed by atoms with Crippen molar-refractivity contribution in [3.8, 4) is 0 Å². The third-order valence-corrected chi connectivity index (χ3v) is 4.69. The maximum Gasteiger partial charge on any atom is 0.139 e. The molecule has 0 aromatic heterocycles. The van der Waals surface area contributed by atoms with Crippen LogP contribution in [0.1, 0.15) is 53.9 Å². The second-order valence-corrected chi connectivity index (χ2v) is 5.14. The molecule has 13 heavy (non-hydrogen) atoms. The SMILES string of the molecule is CCC1CC(=O)C(C)(CC)C1(C)C. The monoisotopic (exact) mass is 182 g/mol. The topological polar surface area (TPSA) is 17.1 Å². The van der Waals surface area contributed by atoms with Crippen molar-refractivity contribution in [2.45, 2.75) is 53.9 Å². The zero-order valence-electron chi connectivity index (χ0n) is 9.61. The Morgan fingerprint density at radius 1 is 1.31 bits per heavy atom. The molecular weight excluding hydrogens is 160 g/mol. The Morgan fingerprint density at radius 3 is 2.08 bits per heavy atom. The fourth-order valence-electron chi connectivity index (χ4n) is 2.82. The van der Waals surface area contributed by atoms with E-state index in [9.17, 15) is 4.79 Å². The molecule has 0 N–H and O–H groups in total. The van der Waals surface area contributed by atoms with Crippen molar-refractivity contribution in [3.05, 3.63) is 0 Å². The van der Waals surface area contributed by atoms with Crippen molar-refractivity contribution < 1.29 is 4.79 Å². The normalized spacial score (nSPS) is 38.2. The molecule has 1 fully saturated rings. The van der Waals surface area contributed by atoms with E-state index in [0.29, 0.717) is 11.7 Å². The van der Waals surface area contributed by atoms with Crippen molar-refractivity contribution in [3.63, 3.8) is 0 Å². The third-order valence-electron chi connectivity index (χ3n) is 4.69. The van der Waals surface area contributed by atoms with E-state index >= 15 is 0 Å². The van der Waals surface area contributed by atoms with Crippen LogP contribution < -0.4 is 0 Å². The van der Waals surface area contributed by atoms with Crippen LogP contribution in [0.5, 0.6) is 0 Å². The molecule has 0 radical (unpaired) electrons. The molecule has 1 aliphatic carbocycles. The van der Waals surface area contributed by atoms with Gasteiger partial charge in [0.1, 0.15) is 5.78 Å². The number of rotatable bonds is 2. The van der Waals surface area contributed by atoms with Gasteiger partial charge in [0.25, 0.3) is 0 Å². The van der Waals surface area contributed by atoms with Gasteiger partial charge in [-0.3, -0.25) is 4.79 Å².